The first-order chi connectivity index (χ1) is 15.3. The van der Waals surface area contributed by atoms with Crippen LogP contribution in [-0.2, 0) is 24.1 Å². The van der Waals surface area contributed by atoms with Crippen LogP contribution in [0.3, 0.4) is 0 Å². The Bertz CT molecular complexity index is 904. The van der Waals surface area contributed by atoms with E-state index in [1.54, 1.807) is 6.20 Å². The molecule has 1 saturated heterocycles. The van der Waals surface area contributed by atoms with Crippen LogP contribution in [-0.4, -0.2) is 61.2 Å². The lowest BCUT2D eigenvalue weighted by atomic mass is 9.91. The normalized spacial score (nSPS) is 19.9. The van der Waals surface area contributed by atoms with Crippen molar-refractivity contribution >= 4 is 11.7 Å². The Morgan fingerprint density at radius 3 is 2.55 bits per heavy atom. The molecule has 1 amide bonds. The molecule has 31 heavy (non-hydrogen) atoms. The Morgan fingerprint density at radius 2 is 1.84 bits per heavy atom. The number of fused-ring (bicyclic) bond motifs is 1. The van der Waals surface area contributed by atoms with Crippen LogP contribution >= 0.6 is 0 Å². The summed E-state index contributed by atoms with van der Waals surface area (Å²) >= 11 is 0. The van der Waals surface area contributed by atoms with E-state index in [1.807, 2.05) is 12.1 Å². The topological polar surface area (TPSA) is 57.7 Å². The molecule has 1 aromatic carbocycles. The summed E-state index contributed by atoms with van der Waals surface area (Å²) in [6.45, 7) is 6.02. The van der Waals surface area contributed by atoms with E-state index in [0.717, 1.165) is 57.5 Å². The van der Waals surface area contributed by atoms with Crippen LogP contribution in [0.1, 0.15) is 46.3 Å². The average molecular weight is 421 g/mol. The second-order valence-electron chi connectivity index (χ2n) is 8.91. The Balaban J connectivity index is 1.16. The number of rotatable bonds is 5. The summed E-state index contributed by atoms with van der Waals surface area (Å²) in [4.78, 5) is 22.0. The lowest BCUT2D eigenvalue weighted by molar-refractivity contribution is 0.0950. The van der Waals surface area contributed by atoms with Gasteiger partial charge < -0.3 is 15.0 Å². The summed E-state index contributed by atoms with van der Waals surface area (Å²) in [6.07, 6.45) is 8.06. The highest BCUT2D eigenvalue weighted by atomic mass is 16.5. The van der Waals surface area contributed by atoms with Gasteiger partial charge in [-0.25, -0.2) is 4.98 Å². The number of aromatic nitrogens is 1. The van der Waals surface area contributed by atoms with Gasteiger partial charge in [-0.15, -0.1) is 0 Å². The molecule has 6 heteroatoms. The number of nitrogens with one attached hydrogen (secondary N) is 1. The smallest absolute Gasteiger partial charge is 0.253 e. The van der Waals surface area contributed by atoms with Crippen LogP contribution in [0.2, 0.25) is 0 Å². The second-order valence-corrected chi connectivity index (χ2v) is 8.91. The van der Waals surface area contributed by atoms with Gasteiger partial charge in [-0.1, -0.05) is 24.6 Å². The van der Waals surface area contributed by atoms with Gasteiger partial charge in [0.2, 0.25) is 0 Å². The van der Waals surface area contributed by atoms with Gasteiger partial charge in [0.25, 0.3) is 5.91 Å². The number of benzene rings is 1. The first-order valence-corrected chi connectivity index (χ1v) is 11.7. The lowest BCUT2D eigenvalue weighted by Gasteiger charge is -2.36. The van der Waals surface area contributed by atoms with Crippen LogP contribution in [0.15, 0.2) is 36.5 Å². The Labute approximate surface area is 184 Å². The van der Waals surface area contributed by atoms with E-state index >= 15 is 0 Å². The summed E-state index contributed by atoms with van der Waals surface area (Å²) < 4.78 is 5.39. The summed E-state index contributed by atoms with van der Waals surface area (Å²) in [6, 6.07) is 11.3. The van der Waals surface area contributed by atoms with Crippen LogP contribution in [0.4, 0.5) is 5.82 Å². The SMILES string of the molecule is O=C(NCc1ccc2c(c1)CCN(C1CCC1)CC2)c1ccc(N2CCOCC2)nc1. The third-order valence-corrected chi connectivity index (χ3v) is 7.00. The van der Waals surface area contributed by atoms with E-state index < -0.39 is 0 Å². The third-order valence-electron chi connectivity index (χ3n) is 7.00. The number of nitrogens with zero attached hydrogens (tertiary/aromatic N) is 3. The van der Waals surface area contributed by atoms with E-state index in [1.165, 1.54) is 42.5 Å². The zero-order chi connectivity index (χ0) is 21.0. The van der Waals surface area contributed by atoms with E-state index in [4.69, 9.17) is 4.74 Å². The zero-order valence-electron chi connectivity index (χ0n) is 18.2. The third kappa shape index (κ3) is 4.75. The number of hydrogen-bond donors (Lipinski definition) is 1. The molecule has 2 aliphatic heterocycles. The van der Waals surface area contributed by atoms with Crippen LogP contribution < -0.4 is 10.2 Å². The molecule has 2 fully saturated rings. The molecule has 6 nitrogen and oxygen atoms in total. The van der Waals surface area contributed by atoms with Gasteiger partial charge in [0.15, 0.2) is 0 Å². The van der Waals surface area contributed by atoms with Crippen molar-refractivity contribution in [3.05, 3.63) is 58.8 Å². The minimum absolute atomic E-state index is 0.0767. The summed E-state index contributed by atoms with van der Waals surface area (Å²) in [5, 5.41) is 3.06. The molecule has 2 aromatic rings. The number of morpholine rings is 1. The standard InChI is InChI=1S/C25H32N4O2/c30-25(22-6-7-24(26-18-22)29-12-14-31-15-13-29)27-17-19-4-5-20-8-10-28(23-2-1-3-23)11-9-21(20)16-19/h4-7,16,18,23H,1-3,8-15,17H2,(H,27,30). The highest BCUT2D eigenvalue weighted by Crippen LogP contribution is 2.27. The number of anilines is 1. The molecule has 0 spiro atoms. The van der Waals surface area contributed by atoms with Gasteiger partial charge in [0.05, 0.1) is 18.8 Å². The van der Waals surface area contributed by atoms with Crippen molar-refractivity contribution in [2.24, 2.45) is 0 Å². The highest BCUT2D eigenvalue weighted by molar-refractivity contribution is 5.94. The molecule has 1 saturated carbocycles. The number of amides is 1. The molecule has 3 aliphatic rings. The quantitative estimate of drug-likeness (QED) is 0.806. The molecule has 1 N–H and O–H groups in total. The maximum atomic E-state index is 12.6. The monoisotopic (exact) mass is 420 g/mol. The fraction of sp³-hybridized carbons (Fsp3) is 0.520. The summed E-state index contributed by atoms with van der Waals surface area (Å²) in [7, 11) is 0. The van der Waals surface area contributed by atoms with Crippen molar-refractivity contribution in [2.75, 3.05) is 44.3 Å². The Morgan fingerprint density at radius 1 is 1.03 bits per heavy atom. The first kappa shape index (κ1) is 20.5. The predicted molar refractivity (Wildman–Crippen MR) is 122 cm³/mol. The van der Waals surface area contributed by atoms with Crippen molar-refractivity contribution in [1.82, 2.24) is 15.2 Å². The molecule has 0 radical (unpaired) electrons. The van der Waals surface area contributed by atoms with Crippen molar-refractivity contribution in [2.45, 2.75) is 44.7 Å². The molecular formula is C25H32N4O2. The van der Waals surface area contributed by atoms with Gasteiger partial charge in [0.1, 0.15) is 5.82 Å². The minimum atomic E-state index is -0.0767. The van der Waals surface area contributed by atoms with Gasteiger partial charge >= 0.3 is 0 Å². The molecule has 5 rings (SSSR count). The number of carbonyl (C=O) groups excluding carboxylic acids is 1. The Kier molecular flexibility index (Phi) is 6.18. The van der Waals surface area contributed by atoms with Gasteiger partial charge in [0, 0.05) is 45.0 Å². The Hall–Kier alpha value is -2.44. The molecule has 164 valence electrons. The fourth-order valence-electron chi connectivity index (χ4n) is 4.81. The second kappa shape index (κ2) is 9.37. The van der Waals surface area contributed by atoms with Crippen molar-refractivity contribution in [1.29, 1.82) is 0 Å². The van der Waals surface area contributed by atoms with E-state index in [2.05, 4.69) is 38.3 Å². The van der Waals surface area contributed by atoms with E-state index in [0.29, 0.717) is 12.1 Å². The molecule has 0 atom stereocenters. The first-order valence-electron chi connectivity index (χ1n) is 11.7. The van der Waals surface area contributed by atoms with Crippen LogP contribution in [0, 0.1) is 0 Å². The zero-order valence-corrected chi connectivity index (χ0v) is 18.2. The number of ether oxygens (including phenoxy) is 1. The molecule has 0 unspecified atom stereocenters. The van der Waals surface area contributed by atoms with Crippen molar-refractivity contribution < 1.29 is 9.53 Å². The molecule has 0 bridgehead atoms. The average Bonchev–Trinajstić information content (AvgIpc) is 2.99. The minimum Gasteiger partial charge on any atom is -0.378 e. The van der Waals surface area contributed by atoms with Crippen molar-refractivity contribution in [3.8, 4) is 0 Å². The fourth-order valence-corrected chi connectivity index (χ4v) is 4.81. The number of hydrogen-bond acceptors (Lipinski definition) is 5. The largest absolute Gasteiger partial charge is 0.378 e. The lowest BCUT2D eigenvalue weighted by Crippen LogP contribution is -2.41. The van der Waals surface area contributed by atoms with Crippen LogP contribution in [0.5, 0.6) is 0 Å². The van der Waals surface area contributed by atoms with Crippen LogP contribution in [0.25, 0.3) is 0 Å². The summed E-state index contributed by atoms with van der Waals surface area (Å²) in [5.41, 5.74) is 4.69. The van der Waals surface area contributed by atoms with E-state index in [-0.39, 0.29) is 5.91 Å². The molecule has 3 heterocycles. The highest BCUT2D eigenvalue weighted by Gasteiger charge is 2.26. The number of carbonyl (C=O) groups is 1. The predicted octanol–water partition coefficient (Wildman–Crippen LogP) is 2.80. The maximum Gasteiger partial charge on any atom is 0.253 e. The van der Waals surface area contributed by atoms with Crippen molar-refractivity contribution in [3.63, 3.8) is 0 Å². The maximum absolute atomic E-state index is 12.6. The van der Waals surface area contributed by atoms with Gasteiger partial charge in [-0.05, 0) is 54.5 Å². The van der Waals surface area contributed by atoms with Gasteiger partial charge in [-0.3, -0.25) is 9.69 Å². The molecule has 1 aromatic heterocycles. The number of pyridine rings is 1. The molecule has 1 aliphatic carbocycles. The van der Waals surface area contributed by atoms with Gasteiger partial charge in [-0.2, -0.15) is 0 Å². The van der Waals surface area contributed by atoms with E-state index in [9.17, 15) is 4.79 Å². The molecular weight excluding hydrogens is 388 g/mol. The summed E-state index contributed by atoms with van der Waals surface area (Å²) in [5.74, 6) is 0.827.